The van der Waals surface area contributed by atoms with Crippen LogP contribution in [0.1, 0.15) is 12.8 Å². The van der Waals surface area contributed by atoms with Gasteiger partial charge in [0.05, 0.1) is 17.9 Å². The molecule has 3 rings (SSSR count). The van der Waals surface area contributed by atoms with Gasteiger partial charge in [-0.3, -0.25) is 19.3 Å². The summed E-state index contributed by atoms with van der Waals surface area (Å²) in [7, 11) is -3.70. The molecule has 0 aliphatic carbocycles. The van der Waals surface area contributed by atoms with Crippen LogP contribution in [0.2, 0.25) is 0 Å². The van der Waals surface area contributed by atoms with Crippen LogP contribution in [-0.4, -0.2) is 79.6 Å². The van der Waals surface area contributed by atoms with Crippen molar-refractivity contribution in [2.75, 3.05) is 39.3 Å². The van der Waals surface area contributed by atoms with Gasteiger partial charge in [-0.25, -0.2) is 17.2 Å². The zero-order valence-electron chi connectivity index (χ0n) is 19.9. The maximum absolute atomic E-state index is 13.8. The minimum Gasteiger partial charge on any atom is -0.481 e. The summed E-state index contributed by atoms with van der Waals surface area (Å²) in [4.78, 5) is 38.1. The fourth-order valence-corrected chi connectivity index (χ4v) is 5.35. The molecule has 1 fully saturated rings. The molecular formula is C24H24F4N2O7S. The Bertz CT molecular complexity index is 1270. The van der Waals surface area contributed by atoms with Crippen LogP contribution < -0.4 is 4.74 Å². The predicted octanol–water partition coefficient (Wildman–Crippen LogP) is 2.25. The molecule has 1 N–H and O–H groups in total. The topological polar surface area (TPSA) is 121 Å². The molecule has 1 atom stereocenters. The molecule has 2 aromatic carbocycles. The van der Waals surface area contributed by atoms with E-state index < -0.39 is 81.9 Å². The highest BCUT2D eigenvalue weighted by Gasteiger charge is 2.31. The lowest BCUT2D eigenvalue weighted by molar-refractivity contribution is -0.141. The van der Waals surface area contributed by atoms with Crippen LogP contribution in [-0.2, 0) is 24.4 Å². The lowest BCUT2D eigenvalue weighted by atomic mass is 9.94. The first-order valence-corrected chi connectivity index (χ1v) is 12.8. The van der Waals surface area contributed by atoms with Gasteiger partial charge in [0.25, 0.3) is 0 Å². The van der Waals surface area contributed by atoms with Gasteiger partial charge in [-0.2, -0.15) is 13.1 Å². The van der Waals surface area contributed by atoms with Gasteiger partial charge in [-0.1, -0.05) is 18.2 Å². The van der Waals surface area contributed by atoms with Crippen molar-refractivity contribution in [2.45, 2.75) is 17.7 Å². The number of carbonyl (C=O) groups excluding carboxylic acids is 2. The molecule has 2 aromatic rings. The first kappa shape index (κ1) is 29.2. The molecule has 1 heterocycles. The van der Waals surface area contributed by atoms with E-state index in [1.807, 2.05) is 0 Å². The zero-order valence-corrected chi connectivity index (χ0v) is 20.7. The van der Waals surface area contributed by atoms with Crippen molar-refractivity contribution in [1.29, 1.82) is 0 Å². The van der Waals surface area contributed by atoms with Gasteiger partial charge in [0.2, 0.25) is 21.7 Å². The molecule has 9 nitrogen and oxygen atoms in total. The van der Waals surface area contributed by atoms with E-state index in [-0.39, 0.29) is 43.7 Å². The zero-order chi connectivity index (χ0) is 28.0. The Hall–Kier alpha value is -3.36. The third kappa shape index (κ3) is 7.14. The Labute approximate surface area is 215 Å². The van der Waals surface area contributed by atoms with Crippen LogP contribution >= 0.6 is 0 Å². The van der Waals surface area contributed by atoms with E-state index in [1.54, 1.807) is 23.1 Å². The number of carbonyl (C=O) groups is 3. The number of hydrogen-bond acceptors (Lipinski definition) is 7. The smallest absolute Gasteiger partial charge is 0.304 e. The number of rotatable bonds is 12. The van der Waals surface area contributed by atoms with Crippen LogP contribution in [0.15, 0.2) is 41.3 Å². The molecule has 0 aromatic heterocycles. The molecule has 0 saturated carbocycles. The Balaban J connectivity index is 1.57. The monoisotopic (exact) mass is 560 g/mol. The highest BCUT2D eigenvalue weighted by Crippen LogP contribution is 2.27. The highest BCUT2D eigenvalue weighted by molar-refractivity contribution is 7.89. The summed E-state index contributed by atoms with van der Waals surface area (Å²) in [5, 5.41) is 9.12. The quantitative estimate of drug-likeness (QED) is 0.310. The van der Waals surface area contributed by atoms with Crippen LogP contribution in [0.3, 0.4) is 0 Å². The summed E-state index contributed by atoms with van der Waals surface area (Å²) < 4.78 is 85.5. The van der Waals surface area contributed by atoms with Crippen molar-refractivity contribution in [1.82, 2.24) is 9.21 Å². The van der Waals surface area contributed by atoms with Gasteiger partial charge in [0.1, 0.15) is 12.4 Å². The Morgan fingerprint density at radius 3 is 2.05 bits per heavy atom. The fourth-order valence-electron chi connectivity index (χ4n) is 3.91. The van der Waals surface area contributed by atoms with Crippen molar-refractivity contribution in [3.63, 3.8) is 0 Å². The second kappa shape index (κ2) is 12.5. The van der Waals surface area contributed by atoms with Gasteiger partial charge in [0, 0.05) is 44.6 Å². The van der Waals surface area contributed by atoms with Crippen molar-refractivity contribution >= 4 is 27.6 Å². The summed E-state index contributed by atoms with van der Waals surface area (Å²) in [6, 6.07) is 7.80. The van der Waals surface area contributed by atoms with E-state index in [2.05, 4.69) is 4.74 Å². The number of aliphatic carboxylic acids is 1. The number of Topliss-reactive ketones (excluding diaryl/α,β-unsaturated/α-hetero) is 2. The largest absolute Gasteiger partial charge is 0.481 e. The third-order valence-corrected chi connectivity index (χ3v) is 7.81. The van der Waals surface area contributed by atoms with Gasteiger partial charge in [-0.15, -0.1) is 0 Å². The van der Waals surface area contributed by atoms with Gasteiger partial charge in [-0.05, 0) is 12.1 Å². The van der Waals surface area contributed by atoms with E-state index in [9.17, 15) is 40.4 Å². The van der Waals surface area contributed by atoms with Crippen molar-refractivity contribution in [3.8, 4) is 5.75 Å². The molecule has 0 spiro atoms. The average Bonchev–Trinajstić information content (AvgIpc) is 2.87. The number of halogens is 4. The van der Waals surface area contributed by atoms with Gasteiger partial charge in [0.15, 0.2) is 23.2 Å². The number of piperazine rings is 1. The molecule has 14 heteroatoms. The average molecular weight is 561 g/mol. The number of ether oxygens (including phenoxy) is 1. The molecule has 0 radical (unpaired) electrons. The second-order valence-corrected chi connectivity index (χ2v) is 10.5. The number of hydrogen-bond donors (Lipinski definition) is 1. The van der Waals surface area contributed by atoms with Crippen LogP contribution in [0.4, 0.5) is 17.6 Å². The summed E-state index contributed by atoms with van der Waals surface area (Å²) in [6.45, 7) is -0.682. The van der Waals surface area contributed by atoms with Crippen LogP contribution in [0, 0.1) is 29.2 Å². The number of sulfonamides is 1. The van der Waals surface area contributed by atoms with Gasteiger partial charge < -0.3 is 9.84 Å². The molecule has 0 bridgehead atoms. The predicted molar refractivity (Wildman–Crippen MR) is 124 cm³/mol. The summed E-state index contributed by atoms with van der Waals surface area (Å²) >= 11 is 0. The number of nitrogens with zero attached hydrogens (tertiary/aromatic N) is 2. The molecule has 206 valence electrons. The number of carboxylic acids is 1. The van der Waals surface area contributed by atoms with Crippen molar-refractivity contribution in [3.05, 3.63) is 59.7 Å². The van der Waals surface area contributed by atoms with Crippen LogP contribution in [0.25, 0.3) is 0 Å². The molecule has 1 aliphatic heterocycles. The normalized spacial score (nSPS) is 15.7. The summed E-state index contributed by atoms with van der Waals surface area (Å²) in [6.07, 6.45) is -1.33. The molecule has 0 amide bonds. The van der Waals surface area contributed by atoms with Gasteiger partial charge >= 0.3 is 5.97 Å². The maximum atomic E-state index is 13.8. The number of carboxylic acid groups (broad SMARTS) is 1. The van der Waals surface area contributed by atoms with E-state index in [4.69, 9.17) is 5.11 Å². The molecule has 1 saturated heterocycles. The first-order valence-electron chi connectivity index (χ1n) is 11.4. The molecule has 38 heavy (non-hydrogen) atoms. The fraction of sp³-hybridized carbons (Fsp3) is 0.375. The Morgan fingerprint density at radius 2 is 1.50 bits per heavy atom. The highest BCUT2D eigenvalue weighted by atomic mass is 32.2. The Kier molecular flexibility index (Phi) is 9.57. The van der Waals surface area contributed by atoms with E-state index in [0.29, 0.717) is 0 Å². The third-order valence-electron chi connectivity index (χ3n) is 5.89. The minimum atomic E-state index is -3.70. The molecule has 0 unspecified atom stereocenters. The first-order chi connectivity index (χ1) is 17.9. The van der Waals surface area contributed by atoms with E-state index in [0.717, 1.165) is 0 Å². The standard InChI is InChI=1S/C24H24F4N2O7S/c25-18-12-19(26)23(28)24(22(18)27)37-14-20(32)15(11-21(33)34)10-16(31)13-29-6-8-30(9-7-29)38(35,36)17-4-2-1-3-5-17/h1-5,12,15H,6-11,13-14H2,(H,33,34)/t15-/m0/s1. The van der Waals surface area contributed by atoms with Crippen molar-refractivity contribution in [2.24, 2.45) is 5.92 Å². The van der Waals surface area contributed by atoms with E-state index in [1.165, 1.54) is 16.4 Å². The van der Waals surface area contributed by atoms with Crippen LogP contribution in [0.5, 0.6) is 5.75 Å². The van der Waals surface area contributed by atoms with E-state index >= 15 is 0 Å². The summed E-state index contributed by atoms with van der Waals surface area (Å²) in [5.41, 5.74) is 0. The maximum Gasteiger partial charge on any atom is 0.304 e. The van der Waals surface area contributed by atoms with Crippen molar-refractivity contribution < 1.29 is 50.2 Å². The molecule has 1 aliphatic rings. The number of benzene rings is 2. The molecular weight excluding hydrogens is 536 g/mol. The lowest BCUT2D eigenvalue weighted by Gasteiger charge is -2.33. The number of ketones is 2. The summed E-state index contributed by atoms with van der Waals surface area (Å²) in [5.74, 6) is -13.1. The minimum absolute atomic E-state index is 0.0395. The second-order valence-electron chi connectivity index (χ2n) is 8.58. The Morgan fingerprint density at radius 1 is 0.921 bits per heavy atom. The SMILES string of the molecule is O=C(O)C[C@H](CC(=O)CN1CCN(S(=O)(=O)c2ccccc2)CC1)C(=O)COc1c(F)c(F)cc(F)c1F. The lowest BCUT2D eigenvalue weighted by Crippen LogP contribution is -2.50.